The molecule has 1 amide bonds. The Morgan fingerprint density at radius 2 is 2.07 bits per heavy atom. The maximum absolute atomic E-state index is 12.6. The number of amides is 1. The molecule has 1 aliphatic heterocycles. The number of nitrogens with zero attached hydrogens (tertiary/aromatic N) is 2. The summed E-state index contributed by atoms with van der Waals surface area (Å²) in [5, 5.41) is 0.591. The van der Waals surface area contributed by atoms with Crippen molar-refractivity contribution in [2.75, 3.05) is 13.1 Å². The summed E-state index contributed by atoms with van der Waals surface area (Å²) in [7, 11) is 0. The van der Waals surface area contributed by atoms with Crippen molar-refractivity contribution in [3.8, 4) is 0 Å². The van der Waals surface area contributed by atoms with Gasteiger partial charge in [0.25, 0.3) is 11.5 Å². The molecule has 1 aliphatic rings. The second-order valence-corrected chi connectivity index (χ2v) is 8.74. The molecule has 8 nitrogen and oxygen atoms in total. The topological polar surface area (TPSA) is 106 Å². The molecule has 158 valence electrons. The van der Waals surface area contributed by atoms with Crippen LogP contribution in [-0.4, -0.2) is 39.8 Å². The lowest BCUT2D eigenvalue weighted by atomic mass is 9.97. The van der Waals surface area contributed by atoms with Crippen LogP contribution in [0.15, 0.2) is 27.6 Å². The van der Waals surface area contributed by atoms with Crippen LogP contribution in [0.25, 0.3) is 10.2 Å². The number of furan rings is 1. The molecular formula is C21H23N3O5S. The molecule has 4 rings (SSSR count). The number of piperidine rings is 1. The van der Waals surface area contributed by atoms with Gasteiger partial charge in [-0.3, -0.25) is 14.4 Å². The number of aromatic nitrogens is 2. The van der Waals surface area contributed by atoms with E-state index in [-0.39, 0.29) is 23.4 Å². The predicted molar refractivity (Wildman–Crippen MR) is 112 cm³/mol. The number of thiophene rings is 1. The van der Waals surface area contributed by atoms with Crippen molar-refractivity contribution in [1.29, 1.82) is 0 Å². The van der Waals surface area contributed by atoms with Gasteiger partial charge < -0.3 is 19.0 Å². The molecule has 1 saturated heterocycles. The molecule has 0 unspecified atom stereocenters. The molecule has 0 bridgehead atoms. The normalized spacial score (nSPS) is 16.0. The van der Waals surface area contributed by atoms with Gasteiger partial charge >= 0.3 is 5.97 Å². The SMILES string of the molecule is Cc1sc2nc([C@H](C)OC(=O)C3CCN(C(=O)c4ccco4)CC3)[nH]c(=O)c2c1C. The average molecular weight is 429 g/mol. The molecule has 0 saturated carbocycles. The van der Waals surface area contributed by atoms with Gasteiger partial charge in [-0.05, 0) is 51.3 Å². The average Bonchev–Trinajstić information content (AvgIpc) is 3.36. The van der Waals surface area contributed by atoms with Crippen molar-refractivity contribution < 1.29 is 18.7 Å². The molecule has 1 fully saturated rings. The van der Waals surface area contributed by atoms with Gasteiger partial charge in [0.05, 0.1) is 17.6 Å². The van der Waals surface area contributed by atoms with Crippen LogP contribution in [0.4, 0.5) is 0 Å². The van der Waals surface area contributed by atoms with Crippen molar-refractivity contribution in [3.05, 3.63) is 50.8 Å². The van der Waals surface area contributed by atoms with E-state index in [2.05, 4.69) is 9.97 Å². The third kappa shape index (κ3) is 3.77. The monoisotopic (exact) mass is 429 g/mol. The Balaban J connectivity index is 1.39. The lowest BCUT2D eigenvalue weighted by Crippen LogP contribution is -2.40. The van der Waals surface area contributed by atoms with Crippen LogP contribution < -0.4 is 5.56 Å². The van der Waals surface area contributed by atoms with Gasteiger partial charge in [-0.1, -0.05) is 0 Å². The Kier molecular flexibility index (Phi) is 5.46. The van der Waals surface area contributed by atoms with Crippen LogP contribution >= 0.6 is 11.3 Å². The highest BCUT2D eigenvalue weighted by Crippen LogP contribution is 2.28. The first-order valence-corrected chi connectivity index (χ1v) is 10.7. The lowest BCUT2D eigenvalue weighted by molar-refractivity contribution is -0.155. The minimum atomic E-state index is -0.667. The second kappa shape index (κ2) is 8.06. The fourth-order valence-electron chi connectivity index (χ4n) is 3.66. The lowest BCUT2D eigenvalue weighted by Gasteiger charge is -2.30. The van der Waals surface area contributed by atoms with E-state index in [1.54, 1.807) is 24.0 Å². The minimum absolute atomic E-state index is 0.170. The number of aromatic amines is 1. The van der Waals surface area contributed by atoms with Crippen LogP contribution in [0.3, 0.4) is 0 Å². The van der Waals surface area contributed by atoms with E-state index in [0.717, 1.165) is 10.4 Å². The Morgan fingerprint density at radius 1 is 1.33 bits per heavy atom. The first-order valence-electron chi connectivity index (χ1n) is 9.88. The maximum atomic E-state index is 12.6. The number of H-pyrrole nitrogens is 1. The molecule has 1 atom stereocenters. The molecule has 0 aromatic carbocycles. The van der Waals surface area contributed by atoms with E-state index in [1.165, 1.54) is 17.6 Å². The third-order valence-electron chi connectivity index (χ3n) is 5.58. The largest absolute Gasteiger partial charge is 0.459 e. The van der Waals surface area contributed by atoms with Crippen molar-refractivity contribution in [1.82, 2.24) is 14.9 Å². The number of nitrogens with one attached hydrogen (secondary N) is 1. The molecule has 3 aromatic rings. The number of hydrogen-bond donors (Lipinski definition) is 1. The van der Waals surface area contributed by atoms with Crippen molar-refractivity contribution in [2.24, 2.45) is 5.92 Å². The highest BCUT2D eigenvalue weighted by molar-refractivity contribution is 7.18. The molecular weight excluding hydrogens is 406 g/mol. The highest BCUT2D eigenvalue weighted by atomic mass is 32.1. The zero-order chi connectivity index (χ0) is 21.4. The van der Waals surface area contributed by atoms with E-state index in [1.807, 2.05) is 13.8 Å². The van der Waals surface area contributed by atoms with Gasteiger partial charge in [-0.2, -0.15) is 0 Å². The molecule has 4 heterocycles. The van der Waals surface area contributed by atoms with E-state index in [9.17, 15) is 14.4 Å². The number of ether oxygens (including phenoxy) is 1. The summed E-state index contributed by atoms with van der Waals surface area (Å²) in [6, 6.07) is 3.30. The number of likely N-dealkylation sites (tertiary alicyclic amines) is 1. The fraction of sp³-hybridized carbons (Fsp3) is 0.429. The summed E-state index contributed by atoms with van der Waals surface area (Å²) in [5.74, 6) is -0.165. The summed E-state index contributed by atoms with van der Waals surface area (Å²) in [5.41, 5.74) is 0.709. The summed E-state index contributed by atoms with van der Waals surface area (Å²) < 4.78 is 10.8. The summed E-state index contributed by atoms with van der Waals surface area (Å²) in [4.78, 5) is 48.0. The number of hydrogen-bond acceptors (Lipinski definition) is 7. The van der Waals surface area contributed by atoms with Gasteiger partial charge in [-0.25, -0.2) is 4.98 Å². The van der Waals surface area contributed by atoms with Crippen LogP contribution in [0.5, 0.6) is 0 Å². The number of esters is 1. The first-order chi connectivity index (χ1) is 14.3. The van der Waals surface area contributed by atoms with Gasteiger partial charge in [-0.15, -0.1) is 11.3 Å². The van der Waals surface area contributed by atoms with E-state index in [4.69, 9.17) is 9.15 Å². The molecule has 0 aliphatic carbocycles. The van der Waals surface area contributed by atoms with Crippen LogP contribution in [0.2, 0.25) is 0 Å². The number of rotatable bonds is 4. The van der Waals surface area contributed by atoms with Gasteiger partial charge in [0.1, 0.15) is 4.83 Å². The Bertz CT molecular complexity index is 1140. The van der Waals surface area contributed by atoms with Crippen LogP contribution in [-0.2, 0) is 9.53 Å². The zero-order valence-corrected chi connectivity index (χ0v) is 17.9. The number of carbonyl (C=O) groups excluding carboxylic acids is 2. The number of carbonyl (C=O) groups is 2. The summed E-state index contributed by atoms with van der Waals surface area (Å²) >= 11 is 1.46. The van der Waals surface area contributed by atoms with E-state index in [0.29, 0.717) is 47.7 Å². The highest BCUT2D eigenvalue weighted by Gasteiger charge is 2.31. The van der Waals surface area contributed by atoms with Crippen LogP contribution in [0.1, 0.15) is 52.7 Å². The van der Waals surface area contributed by atoms with Crippen LogP contribution in [0, 0.1) is 19.8 Å². The molecule has 30 heavy (non-hydrogen) atoms. The molecule has 3 aromatic heterocycles. The van der Waals surface area contributed by atoms with Crippen molar-refractivity contribution >= 4 is 33.4 Å². The van der Waals surface area contributed by atoms with Gasteiger partial charge in [0.2, 0.25) is 0 Å². The van der Waals surface area contributed by atoms with E-state index < -0.39 is 6.10 Å². The Hall–Kier alpha value is -2.94. The Labute approximate surface area is 176 Å². The Morgan fingerprint density at radius 3 is 2.73 bits per heavy atom. The molecule has 1 N–H and O–H groups in total. The standard InChI is InChI=1S/C21H23N3O5S/c1-11-13(3)30-19-16(11)18(25)22-17(23-19)12(2)29-21(27)14-6-8-24(9-7-14)20(26)15-5-4-10-28-15/h4-5,10,12,14H,6-9H2,1-3H3,(H,22,23,25)/t12-/m0/s1. The van der Waals surface area contributed by atoms with E-state index >= 15 is 0 Å². The molecule has 0 spiro atoms. The summed E-state index contributed by atoms with van der Waals surface area (Å²) in [6.45, 7) is 6.47. The smallest absolute Gasteiger partial charge is 0.309 e. The van der Waals surface area contributed by atoms with Gasteiger partial charge in [0, 0.05) is 18.0 Å². The van der Waals surface area contributed by atoms with Crippen molar-refractivity contribution in [2.45, 2.75) is 39.7 Å². The van der Waals surface area contributed by atoms with Crippen molar-refractivity contribution in [3.63, 3.8) is 0 Å². The number of aryl methyl sites for hydroxylation is 2. The molecule has 0 radical (unpaired) electrons. The first kappa shape index (κ1) is 20.3. The molecule has 9 heteroatoms. The number of fused-ring (bicyclic) bond motifs is 1. The zero-order valence-electron chi connectivity index (χ0n) is 17.1. The second-order valence-electron chi connectivity index (χ2n) is 7.54. The quantitative estimate of drug-likeness (QED) is 0.638. The fourth-order valence-corrected chi connectivity index (χ4v) is 4.70. The minimum Gasteiger partial charge on any atom is -0.459 e. The summed E-state index contributed by atoms with van der Waals surface area (Å²) in [6.07, 6.45) is 1.84. The third-order valence-corrected chi connectivity index (χ3v) is 6.68. The predicted octanol–water partition coefficient (Wildman–Crippen LogP) is 3.35. The maximum Gasteiger partial charge on any atom is 0.309 e. The van der Waals surface area contributed by atoms with Gasteiger partial charge in [0.15, 0.2) is 17.7 Å².